The smallest absolute Gasteiger partial charge is 0.385 e. The summed E-state index contributed by atoms with van der Waals surface area (Å²) in [5, 5.41) is 11.0. The van der Waals surface area contributed by atoms with E-state index >= 15 is 0 Å². The molecule has 2 atom stereocenters. The number of hydrogen-bond acceptors (Lipinski definition) is 4. The molecular formula is C11H11NO4. The molecular weight excluding hydrogens is 210 g/mol. The van der Waals surface area contributed by atoms with E-state index in [4.69, 9.17) is 0 Å². The van der Waals surface area contributed by atoms with Crippen molar-refractivity contribution in [3.05, 3.63) is 46.0 Å². The fourth-order valence-electron chi connectivity index (χ4n) is 2.01. The summed E-state index contributed by atoms with van der Waals surface area (Å²) < 4.78 is 4.51. The second-order valence-corrected chi connectivity index (χ2v) is 3.84. The first kappa shape index (κ1) is 10.6. The van der Waals surface area contributed by atoms with E-state index in [9.17, 15) is 14.9 Å². The van der Waals surface area contributed by atoms with Crippen LogP contribution in [-0.2, 0) is 9.53 Å². The standard InChI is InChI=1S/C11H11NO4/c1-16-10(13)11(12(14)15)7-9(11)8-5-3-2-4-6-8/h2-6,9H,7H2,1H3/t9-,11+/m1/s1. The molecule has 0 bridgehead atoms. The molecule has 0 aliphatic heterocycles. The average molecular weight is 221 g/mol. The highest BCUT2D eigenvalue weighted by Gasteiger charge is 2.73. The monoisotopic (exact) mass is 221 g/mol. The molecule has 0 amide bonds. The van der Waals surface area contributed by atoms with Crippen LogP contribution < -0.4 is 0 Å². The predicted octanol–water partition coefficient (Wildman–Crippen LogP) is 1.36. The van der Waals surface area contributed by atoms with Crippen LogP contribution in [0.4, 0.5) is 0 Å². The second-order valence-electron chi connectivity index (χ2n) is 3.84. The molecule has 16 heavy (non-hydrogen) atoms. The third kappa shape index (κ3) is 1.36. The number of nitrogens with zero attached hydrogens (tertiary/aromatic N) is 1. The summed E-state index contributed by atoms with van der Waals surface area (Å²) in [4.78, 5) is 21.9. The zero-order valence-corrected chi connectivity index (χ0v) is 8.75. The van der Waals surface area contributed by atoms with Crippen molar-refractivity contribution < 1.29 is 14.5 Å². The van der Waals surface area contributed by atoms with Crippen molar-refractivity contribution in [2.75, 3.05) is 7.11 Å². The summed E-state index contributed by atoms with van der Waals surface area (Å²) in [7, 11) is 1.17. The normalized spacial score (nSPS) is 27.2. The molecule has 0 saturated heterocycles. The SMILES string of the molecule is COC(=O)[C@]1([N+](=O)[O-])C[C@@H]1c1ccccc1. The lowest BCUT2D eigenvalue weighted by Gasteiger charge is -2.06. The van der Waals surface area contributed by atoms with Crippen molar-refractivity contribution >= 4 is 5.97 Å². The van der Waals surface area contributed by atoms with E-state index in [1.54, 1.807) is 24.3 Å². The predicted molar refractivity (Wildman–Crippen MR) is 55.5 cm³/mol. The van der Waals surface area contributed by atoms with Crippen LogP contribution in [0.25, 0.3) is 0 Å². The van der Waals surface area contributed by atoms with Gasteiger partial charge < -0.3 is 4.74 Å². The summed E-state index contributed by atoms with van der Waals surface area (Å²) in [6.07, 6.45) is 0.219. The van der Waals surface area contributed by atoms with E-state index in [1.807, 2.05) is 6.07 Å². The maximum Gasteiger partial charge on any atom is 0.385 e. The summed E-state index contributed by atoms with van der Waals surface area (Å²) in [6.45, 7) is 0. The van der Waals surface area contributed by atoms with Crippen LogP contribution in [0.2, 0.25) is 0 Å². The van der Waals surface area contributed by atoms with Gasteiger partial charge in [0, 0.05) is 11.3 Å². The Balaban J connectivity index is 2.30. The molecule has 5 nitrogen and oxygen atoms in total. The highest BCUT2D eigenvalue weighted by Crippen LogP contribution is 2.54. The lowest BCUT2D eigenvalue weighted by molar-refractivity contribution is -0.526. The van der Waals surface area contributed by atoms with Gasteiger partial charge in [-0.1, -0.05) is 30.3 Å². The maximum absolute atomic E-state index is 11.5. The maximum atomic E-state index is 11.5. The van der Waals surface area contributed by atoms with Crippen molar-refractivity contribution in [3.63, 3.8) is 0 Å². The zero-order valence-electron chi connectivity index (χ0n) is 8.75. The van der Waals surface area contributed by atoms with Crippen LogP contribution in [0.1, 0.15) is 17.9 Å². The molecule has 0 radical (unpaired) electrons. The van der Waals surface area contributed by atoms with E-state index in [2.05, 4.69) is 4.74 Å². The second kappa shape index (κ2) is 3.59. The quantitative estimate of drug-likeness (QED) is 0.439. The number of carbonyl (C=O) groups is 1. The number of rotatable bonds is 3. The number of ether oxygens (including phenoxy) is 1. The molecule has 0 spiro atoms. The third-order valence-corrected chi connectivity index (χ3v) is 3.00. The fourth-order valence-corrected chi connectivity index (χ4v) is 2.01. The molecule has 1 aliphatic carbocycles. The Kier molecular flexibility index (Phi) is 2.38. The number of benzene rings is 1. The van der Waals surface area contributed by atoms with Crippen LogP contribution in [0, 0.1) is 10.1 Å². The summed E-state index contributed by atoms with van der Waals surface area (Å²) in [5.41, 5.74) is -0.750. The van der Waals surface area contributed by atoms with Gasteiger partial charge in [0.15, 0.2) is 0 Å². The van der Waals surface area contributed by atoms with Crippen molar-refractivity contribution in [2.45, 2.75) is 17.9 Å². The van der Waals surface area contributed by atoms with Gasteiger partial charge in [-0.05, 0) is 5.56 Å². The van der Waals surface area contributed by atoms with Gasteiger partial charge in [0.05, 0.1) is 13.0 Å². The minimum absolute atomic E-state index is 0.219. The Morgan fingerprint density at radius 2 is 2.12 bits per heavy atom. The summed E-state index contributed by atoms with van der Waals surface area (Å²) >= 11 is 0. The van der Waals surface area contributed by atoms with Gasteiger partial charge >= 0.3 is 11.5 Å². The molecule has 1 saturated carbocycles. The van der Waals surface area contributed by atoms with Gasteiger partial charge in [-0.15, -0.1) is 0 Å². The highest BCUT2D eigenvalue weighted by molar-refractivity contribution is 5.85. The van der Waals surface area contributed by atoms with Gasteiger partial charge in [-0.3, -0.25) is 10.1 Å². The third-order valence-electron chi connectivity index (χ3n) is 3.00. The van der Waals surface area contributed by atoms with Crippen molar-refractivity contribution in [3.8, 4) is 0 Å². The number of nitro groups is 1. The van der Waals surface area contributed by atoms with Crippen LogP contribution >= 0.6 is 0 Å². The molecule has 1 aromatic carbocycles. The Bertz CT molecular complexity index is 431. The zero-order chi connectivity index (χ0) is 11.8. The van der Waals surface area contributed by atoms with Crippen molar-refractivity contribution in [1.29, 1.82) is 0 Å². The Labute approximate surface area is 92.2 Å². The molecule has 84 valence electrons. The molecule has 0 heterocycles. The van der Waals surface area contributed by atoms with Crippen LogP contribution in [-0.4, -0.2) is 23.5 Å². The molecule has 0 aromatic heterocycles. The number of hydrogen-bond donors (Lipinski definition) is 0. The minimum Gasteiger partial charge on any atom is -0.464 e. The number of esters is 1. The Morgan fingerprint density at radius 3 is 2.62 bits per heavy atom. The molecule has 5 heteroatoms. The molecule has 1 aliphatic rings. The summed E-state index contributed by atoms with van der Waals surface area (Å²) in [6, 6.07) is 9.01. The molecule has 1 fully saturated rings. The topological polar surface area (TPSA) is 69.4 Å². The van der Waals surface area contributed by atoms with Crippen LogP contribution in [0.5, 0.6) is 0 Å². The van der Waals surface area contributed by atoms with Gasteiger partial charge in [0.1, 0.15) is 0 Å². The van der Waals surface area contributed by atoms with Gasteiger partial charge in [0.25, 0.3) is 0 Å². The first-order chi connectivity index (χ1) is 7.63. The van der Waals surface area contributed by atoms with E-state index in [0.29, 0.717) is 0 Å². The summed E-state index contributed by atoms with van der Waals surface area (Å²) in [5.74, 6) is -1.12. The van der Waals surface area contributed by atoms with E-state index < -0.39 is 16.4 Å². The van der Waals surface area contributed by atoms with Crippen LogP contribution in [0.3, 0.4) is 0 Å². The lowest BCUT2D eigenvalue weighted by Crippen LogP contribution is -2.34. The average Bonchev–Trinajstić information content (AvgIpc) is 3.06. The van der Waals surface area contributed by atoms with Gasteiger partial charge in [0.2, 0.25) is 0 Å². The van der Waals surface area contributed by atoms with Gasteiger partial charge in [-0.25, -0.2) is 4.79 Å². The first-order valence-electron chi connectivity index (χ1n) is 4.91. The van der Waals surface area contributed by atoms with Gasteiger partial charge in [-0.2, -0.15) is 0 Å². The lowest BCUT2D eigenvalue weighted by atomic mass is 10.1. The van der Waals surface area contributed by atoms with E-state index in [0.717, 1.165) is 5.56 Å². The van der Waals surface area contributed by atoms with Crippen LogP contribution in [0.15, 0.2) is 30.3 Å². The number of carbonyl (C=O) groups excluding carboxylic acids is 1. The fraction of sp³-hybridized carbons (Fsp3) is 0.364. The molecule has 1 aromatic rings. The van der Waals surface area contributed by atoms with Crippen molar-refractivity contribution in [2.24, 2.45) is 0 Å². The van der Waals surface area contributed by atoms with Crippen molar-refractivity contribution in [1.82, 2.24) is 0 Å². The molecule has 0 N–H and O–H groups in total. The van der Waals surface area contributed by atoms with E-state index in [-0.39, 0.29) is 12.3 Å². The Hall–Kier alpha value is -1.91. The minimum atomic E-state index is -1.56. The molecule has 2 rings (SSSR count). The largest absolute Gasteiger partial charge is 0.464 e. The molecule has 0 unspecified atom stereocenters. The van der Waals surface area contributed by atoms with E-state index in [1.165, 1.54) is 7.11 Å². The Morgan fingerprint density at radius 1 is 1.50 bits per heavy atom. The number of methoxy groups -OCH3 is 1. The first-order valence-corrected chi connectivity index (χ1v) is 4.91. The highest BCUT2D eigenvalue weighted by atomic mass is 16.6.